The lowest BCUT2D eigenvalue weighted by Gasteiger charge is -2.26. The first-order chi connectivity index (χ1) is 14.0. The molecular formula is C20H22N2O6S. The molecule has 1 aromatic carbocycles. The zero-order chi connectivity index (χ0) is 20.8. The molecule has 0 unspecified atom stereocenters. The van der Waals surface area contributed by atoms with Crippen LogP contribution < -0.4 is 10.1 Å². The zero-order valence-corrected chi connectivity index (χ0v) is 17.0. The van der Waals surface area contributed by atoms with E-state index in [4.69, 9.17) is 14.2 Å². The van der Waals surface area contributed by atoms with E-state index in [2.05, 4.69) is 5.32 Å². The van der Waals surface area contributed by atoms with Crippen LogP contribution in [0, 0.1) is 6.92 Å². The Morgan fingerprint density at radius 3 is 2.52 bits per heavy atom. The van der Waals surface area contributed by atoms with Crippen LogP contribution in [0.4, 0.5) is 5.00 Å². The molecule has 0 bridgehead atoms. The topological polar surface area (TPSA) is 94.2 Å². The minimum absolute atomic E-state index is 0.183. The number of ether oxygens (including phenoxy) is 3. The van der Waals surface area contributed by atoms with Crippen LogP contribution in [-0.2, 0) is 14.3 Å². The van der Waals surface area contributed by atoms with Crippen molar-refractivity contribution in [2.24, 2.45) is 0 Å². The molecule has 2 heterocycles. The number of esters is 1. The Labute approximate surface area is 172 Å². The molecule has 1 aliphatic heterocycles. The highest BCUT2D eigenvalue weighted by Gasteiger charge is 2.29. The Kier molecular flexibility index (Phi) is 6.84. The van der Waals surface area contributed by atoms with Crippen LogP contribution in [-0.4, -0.2) is 62.7 Å². The van der Waals surface area contributed by atoms with Crippen LogP contribution in [0.15, 0.2) is 30.3 Å². The van der Waals surface area contributed by atoms with Crippen molar-refractivity contribution >= 4 is 34.1 Å². The third-order valence-corrected chi connectivity index (χ3v) is 5.59. The summed E-state index contributed by atoms with van der Waals surface area (Å²) >= 11 is 1.06. The second-order valence-electron chi connectivity index (χ2n) is 6.31. The van der Waals surface area contributed by atoms with Gasteiger partial charge in [-0.1, -0.05) is 18.2 Å². The van der Waals surface area contributed by atoms with Crippen LogP contribution in [0.25, 0.3) is 0 Å². The summed E-state index contributed by atoms with van der Waals surface area (Å²) in [5, 5.41) is 2.94. The van der Waals surface area contributed by atoms with Crippen molar-refractivity contribution in [1.29, 1.82) is 0 Å². The maximum atomic E-state index is 12.9. The van der Waals surface area contributed by atoms with Gasteiger partial charge in [-0.3, -0.25) is 9.59 Å². The fourth-order valence-corrected chi connectivity index (χ4v) is 4.07. The standard InChI is InChI=1S/C20H22N2O6S/c1-13-16(20(25)26-2)18(21-15(23)12-28-14-6-4-3-5-7-14)29-17(13)19(24)22-8-10-27-11-9-22/h3-7H,8-12H2,1-2H3,(H,21,23). The molecule has 3 rings (SSSR count). The molecule has 1 aliphatic rings. The number of hydrogen-bond acceptors (Lipinski definition) is 7. The molecule has 0 radical (unpaired) electrons. The predicted octanol–water partition coefficient (Wildman–Crippen LogP) is 2.33. The molecule has 2 amide bonds. The Balaban J connectivity index is 1.78. The highest BCUT2D eigenvalue weighted by molar-refractivity contribution is 7.18. The summed E-state index contributed by atoms with van der Waals surface area (Å²) in [5.74, 6) is -0.687. The molecule has 0 atom stereocenters. The summed E-state index contributed by atoms with van der Waals surface area (Å²) in [5.41, 5.74) is 0.666. The van der Waals surface area contributed by atoms with Crippen molar-refractivity contribution in [2.45, 2.75) is 6.92 Å². The molecule has 1 N–H and O–H groups in total. The van der Waals surface area contributed by atoms with Crippen LogP contribution in [0.3, 0.4) is 0 Å². The predicted molar refractivity (Wildman–Crippen MR) is 108 cm³/mol. The number of para-hydroxylation sites is 1. The van der Waals surface area contributed by atoms with Crippen molar-refractivity contribution in [2.75, 3.05) is 45.3 Å². The average molecular weight is 418 g/mol. The highest BCUT2D eigenvalue weighted by Crippen LogP contribution is 2.34. The number of methoxy groups -OCH3 is 1. The molecular weight excluding hydrogens is 396 g/mol. The largest absolute Gasteiger partial charge is 0.484 e. The highest BCUT2D eigenvalue weighted by atomic mass is 32.1. The lowest BCUT2D eigenvalue weighted by atomic mass is 10.1. The molecule has 154 valence electrons. The number of hydrogen-bond donors (Lipinski definition) is 1. The van der Waals surface area contributed by atoms with Crippen molar-refractivity contribution in [3.63, 3.8) is 0 Å². The third-order valence-electron chi connectivity index (χ3n) is 4.39. The van der Waals surface area contributed by atoms with Crippen molar-refractivity contribution in [3.05, 3.63) is 46.3 Å². The number of nitrogens with zero attached hydrogens (tertiary/aromatic N) is 1. The molecule has 0 saturated carbocycles. The molecule has 0 spiro atoms. The van der Waals surface area contributed by atoms with Crippen LogP contribution in [0.5, 0.6) is 5.75 Å². The van der Waals surface area contributed by atoms with E-state index in [1.165, 1.54) is 7.11 Å². The average Bonchev–Trinajstić information content (AvgIpc) is 3.08. The van der Waals surface area contributed by atoms with Crippen LogP contribution in [0.1, 0.15) is 25.6 Å². The summed E-state index contributed by atoms with van der Waals surface area (Å²) in [4.78, 5) is 39.6. The Morgan fingerprint density at radius 2 is 1.86 bits per heavy atom. The second kappa shape index (κ2) is 9.53. The molecule has 1 aromatic heterocycles. The fourth-order valence-electron chi connectivity index (χ4n) is 2.89. The molecule has 1 fully saturated rings. The number of carbonyl (C=O) groups is 3. The van der Waals surface area contributed by atoms with Gasteiger partial charge in [-0.2, -0.15) is 0 Å². The quantitative estimate of drug-likeness (QED) is 0.724. The van der Waals surface area contributed by atoms with E-state index in [0.717, 1.165) is 11.3 Å². The van der Waals surface area contributed by atoms with Crippen LogP contribution in [0.2, 0.25) is 0 Å². The van der Waals surface area contributed by atoms with E-state index < -0.39 is 11.9 Å². The Morgan fingerprint density at radius 1 is 1.17 bits per heavy atom. The second-order valence-corrected chi connectivity index (χ2v) is 7.33. The maximum Gasteiger partial charge on any atom is 0.341 e. The van der Waals surface area contributed by atoms with E-state index in [1.54, 1.807) is 36.1 Å². The summed E-state index contributed by atoms with van der Waals surface area (Å²) in [6.07, 6.45) is 0. The number of nitrogens with one attached hydrogen (secondary N) is 1. The first-order valence-corrected chi connectivity index (χ1v) is 9.89. The number of morpholine rings is 1. The van der Waals surface area contributed by atoms with Gasteiger partial charge in [-0.05, 0) is 24.6 Å². The Bertz CT molecular complexity index is 890. The van der Waals surface area contributed by atoms with Gasteiger partial charge in [-0.15, -0.1) is 11.3 Å². The van der Waals surface area contributed by atoms with Gasteiger partial charge in [-0.25, -0.2) is 4.79 Å². The van der Waals surface area contributed by atoms with Crippen LogP contribution >= 0.6 is 11.3 Å². The fraction of sp³-hybridized carbons (Fsp3) is 0.350. The molecule has 8 nitrogen and oxygen atoms in total. The maximum absolute atomic E-state index is 12.9. The number of rotatable bonds is 6. The number of benzene rings is 1. The van der Waals surface area contributed by atoms with Gasteiger partial charge in [0.1, 0.15) is 10.8 Å². The van der Waals surface area contributed by atoms with Gasteiger partial charge in [0.05, 0.1) is 30.8 Å². The summed E-state index contributed by atoms with van der Waals surface area (Å²) in [6, 6.07) is 8.92. The minimum atomic E-state index is -0.612. The summed E-state index contributed by atoms with van der Waals surface area (Å²) < 4.78 is 15.6. The van der Waals surface area contributed by atoms with E-state index in [9.17, 15) is 14.4 Å². The number of thiophene rings is 1. The van der Waals surface area contributed by atoms with E-state index in [1.807, 2.05) is 6.07 Å². The van der Waals surface area contributed by atoms with Crippen molar-refractivity contribution < 1.29 is 28.6 Å². The van der Waals surface area contributed by atoms with E-state index in [-0.39, 0.29) is 23.1 Å². The number of amides is 2. The molecule has 9 heteroatoms. The van der Waals surface area contributed by atoms with Crippen molar-refractivity contribution in [3.8, 4) is 5.75 Å². The zero-order valence-electron chi connectivity index (χ0n) is 16.2. The van der Waals surface area contributed by atoms with E-state index in [0.29, 0.717) is 42.5 Å². The summed E-state index contributed by atoms with van der Waals surface area (Å²) in [6.45, 7) is 3.36. The molecule has 2 aromatic rings. The SMILES string of the molecule is COC(=O)c1c(NC(=O)COc2ccccc2)sc(C(=O)N2CCOCC2)c1C. The normalized spacial score (nSPS) is 13.7. The third kappa shape index (κ3) is 4.93. The lowest BCUT2D eigenvalue weighted by Crippen LogP contribution is -2.40. The van der Waals surface area contributed by atoms with Gasteiger partial charge < -0.3 is 24.4 Å². The van der Waals surface area contributed by atoms with Gasteiger partial charge in [0.2, 0.25) is 0 Å². The first kappa shape index (κ1) is 20.8. The summed E-state index contributed by atoms with van der Waals surface area (Å²) in [7, 11) is 1.26. The lowest BCUT2D eigenvalue weighted by molar-refractivity contribution is -0.118. The van der Waals surface area contributed by atoms with Gasteiger partial charge in [0, 0.05) is 13.1 Å². The first-order valence-electron chi connectivity index (χ1n) is 9.07. The monoisotopic (exact) mass is 418 g/mol. The smallest absolute Gasteiger partial charge is 0.341 e. The van der Waals surface area contributed by atoms with Gasteiger partial charge in [0.25, 0.3) is 11.8 Å². The molecule has 29 heavy (non-hydrogen) atoms. The molecule has 0 aliphatic carbocycles. The van der Waals surface area contributed by atoms with Gasteiger partial charge in [0.15, 0.2) is 6.61 Å². The van der Waals surface area contributed by atoms with Crippen molar-refractivity contribution in [1.82, 2.24) is 4.90 Å². The van der Waals surface area contributed by atoms with Gasteiger partial charge >= 0.3 is 5.97 Å². The number of anilines is 1. The minimum Gasteiger partial charge on any atom is -0.484 e. The number of carbonyl (C=O) groups excluding carboxylic acids is 3. The molecule has 1 saturated heterocycles. The Hall–Kier alpha value is -2.91. The van der Waals surface area contributed by atoms with E-state index >= 15 is 0 Å².